The number of amides is 2. The zero-order valence-corrected chi connectivity index (χ0v) is 7.67. The second-order valence-electron chi connectivity index (χ2n) is 2.40. The molecule has 13 heavy (non-hydrogen) atoms. The van der Waals surface area contributed by atoms with Crippen LogP contribution in [0.2, 0.25) is 0 Å². The normalized spacial score (nSPS) is 13.4. The third-order valence-electron chi connectivity index (χ3n) is 1.10. The third-order valence-corrected chi connectivity index (χ3v) is 1.85. The highest BCUT2D eigenvalue weighted by Gasteiger charge is 2.22. The van der Waals surface area contributed by atoms with Crippen molar-refractivity contribution in [3.63, 3.8) is 0 Å². The number of carbonyl (C=O) groups is 2. The lowest BCUT2D eigenvalue weighted by atomic mass is 10.3. The molecule has 0 saturated carbocycles. The van der Waals surface area contributed by atoms with Gasteiger partial charge in [-0.15, -0.1) is 0 Å². The zero-order valence-electron chi connectivity index (χ0n) is 6.85. The van der Waals surface area contributed by atoms with Crippen molar-refractivity contribution in [3.05, 3.63) is 0 Å². The molecule has 0 aliphatic rings. The van der Waals surface area contributed by atoms with Crippen molar-refractivity contribution in [2.24, 2.45) is 5.73 Å². The molecule has 0 aliphatic carbocycles. The molecule has 76 valence electrons. The van der Waals surface area contributed by atoms with Crippen molar-refractivity contribution in [1.29, 1.82) is 0 Å². The average Bonchev–Trinajstić information content (AvgIpc) is 1.81. The van der Waals surface area contributed by atoms with Gasteiger partial charge in [0, 0.05) is 6.92 Å². The first kappa shape index (κ1) is 11.8. The van der Waals surface area contributed by atoms with E-state index in [0.29, 0.717) is 0 Å². The fourth-order valence-electron chi connectivity index (χ4n) is 0.651. The Morgan fingerprint density at radius 1 is 1.54 bits per heavy atom. The zero-order chi connectivity index (χ0) is 10.6. The molecule has 0 aliphatic heterocycles. The lowest BCUT2D eigenvalue weighted by molar-refractivity contribution is -0.125. The molecular weight excluding hydrogens is 200 g/mol. The number of hydrogen-bond acceptors (Lipinski definition) is 4. The Labute approximate surface area is 75.0 Å². The summed E-state index contributed by atoms with van der Waals surface area (Å²) < 4.78 is 29.0. The minimum atomic E-state index is -4.33. The molecule has 0 radical (unpaired) electrons. The van der Waals surface area contributed by atoms with Gasteiger partial charge in [-0.1, -0.05) is 0 Å². The van der Waals surface area contributed by atoms with E-state index in [2.05, 4.69) is 0 Å². The Hall–Kier alpha value is -1.15. The first-order chi connectivity index (χ1) is 5.72. The SMILES string of the molecule is CC(=O)N[C@@H](CS(=O)(=O)O)C(N)=O. The van der Waals surface area contributed by atoms with Crippen LogP contribution < -0.4 is 11.1 Å². The van der Waals surface area contributed by atoms with Crippen LogP contribution in [0.3, 0.4) is 0 Å². The van der Waals surface area contributed by atoms with Crippen molar-refractivity contribution in [3.8, 4) is 0 Å². The molecule has 0 unspecified atom stereocenters. The Balaban J connectivity index is 4.45. The summed E-state index contributed by atoms with van der Waals surface area (Å²) in [5, 5.41) is 1.98. The second kappa shape index (κ2) is 4.19. The van der Waals surface area contributed by atoms with Gasteiger partial charge >= 0.3 is 0 Å². The van der Waals surface area contributed by atoms with Crippen LogP contribution in [0, 0.1) is 0 Å². The predicted molar refractivity (Wildman–Crippen MR) is 43.2 cm³/mol. The summed E-state index contributed by atoms with van der Waals surface area (Å²) in [6.45, 7) is 1.10. The van der Waals surface area contributed by atoms with Crippen LogP contribution in [-0.4, -0.2) is 36.6 Å². The van der Waals surface area contributed by atoms with Crippen LogP contribution in [0.4, 0.5) is 0 Å². The third kappa shape index (κ3) is 6.05. The molecule has 0 heterocycles. The highest BCUT2D eigenvalue weighted by Crippen LogP contribution is 1.90. The minimum absolute atomic E-state index is 0.604. The lowest BCUT2D eigenvalue weighted by Crippen LogP contribution is -2.47. The maximum absolute atomic E-state index is 10.5. The molecule has 0 aromatic heterocycles. The molecule has 0 spiro atoms. The number of nitrogens with one attached hydrogen (secondary N) is 1. The molecule has 0 rings (SSSR count). The van der Waals surface area contributed by atoms with Gasteiger partial charge in [0.15, 0.2) is 0 Å². The number of rotatable bonds is 4. The summed E-state index contributed by atoms with van der Waals surface area (Å²) in [5.41, 5.74) is 4.76. The standard InChI is InChI=1S/C5H10N2O5S/c1-3(8)7-4(5(6)9)2-13(10,11)12/h4H,2H2,1H3,(H2,6,9)(H,7,8)(H,10,11,12)/t4-/m0/s1. The van der Waals surface area contributed by atoms with Crippen LogP contribution in [0.25, 0.3) is 0 Å². The average molecular weight is 210 g/mol. The Morgan fingerprint density at radius 2 is 2.00 bits per heavy atom. The smallest absolute Gasteiger partial charge is 0.267 e. The highest BCUT2D eigenvalue weighted by atomic mass is 32.2. The number of nitrogens with two attached hydrogens (primary N) is 1. The van der Waals surface area contributed by atoms with Gasteiger partial charge in [0.05, 0.1) is 0 Å². The van der Waals surface area contributed by atoms with Crippen LogP contribution in [0.5, 0.6) is 0 Å². The summed E-state index contributed by atoms with van der Waals surface area (Å²) >= 11 is 0. The fraction of sp³-hybridized carbons (Fsp3) is 0.600. The molecule has 2 amide bonds. The van der Waals surface area contributed by atoms with Crippen molar-refractivity contribution >= 4 is 21.9 Å². The quantitative estimate of drug-likeness (QED) is 0.456. The van der Waals surface area contributed by atoms with Crippen LogP contribution in [-0.2, 0) is 19.7 Å². The van der Waals surface area contributed by atoms with E-state index in [1.807, 2.05) is 5.32 Å². The fourth-order valence-corrected chi connectivity index (χ4v) is 1.32. The maximum atomic E-state index is 10.5. The number of primary amides is 1. The molecule has 0 fully saturated rings. The molecule has 7 nitrogen and oxygen atoms in total. The topological polar surface area (TPSA) is 127 Å². The second-order valence-corrected chi connectivity index (χ2v) is 3.90. The molecule has 0 aromatic carbocycles. The van der Waals surface area contributed by atoms with Crippen LogP contribution >= 0.6 is 0 Å². The molecule has 0 aromatic rings. The number of hydrogen-bond donors (Lipinski definition) is 3. The van der Waals surface area contributed by atoms with E-state index >= 15 is 0 Å². The van der Waals surface area contributed by atoms with Crippen molar-refractivity contribution in [2.75, 3.05) is 5.75 Å². The van der Waals surface area contributed by atoms with Crippen molar-refractivity contribution in [2.45, 2.75) is 13.0 Å². The van der Waals surface area contributed by atoms with E-state index in [-0.39, 0.29) is 0 Å². The monoisotopic (exact) mass is 210 g/mol. The maximum Gasteiger partial charge on any atom is 0.267 e. The molecular formula is C5H10N2O5S. The molecule has 8 heteroatoms. The summed E-state index contributed by atoms with van der Waals surface area (Å²) in [6.07, 6.45) is 0. The van der Waals surface area contributed by atoms with Crippen molar-refractivity contribution in [1.82, 2.24) is 5.32 Å². The van der Waals surface area contributed by atoms with Gasteiger partial charge in [0.25, 0.3) is 10.1 Å². The molecule has 0 bridgehead atoms. The van der Waals surface area contributed by atoms with E-state index in [9.17, 15) is 18.0 Å². The summed E-state index contributed by atoms with van der Waals surface area (Å²) in [7, 11) is -4.33. The highest BCUT2D eigenvalue weighted by molar-refractivity contribution is 7.85. The molecule has 1 atom stereocenters. The Bertz CT molecular complexity index is 309. The summed E-state index contributed by atoms with van der Waals surface area (Å²) in [5.74, 6) is -2.54. The van der Waals surface area contributed by atoms with Gasteiger partial charge in [-0.3, -0.25) is 14.1 Å². The predicted octanol–water partition coefficient (Wildman–Crippen LogP) is -2.14. The lowest BCUT2D eigenvalue weighted by Gasteiger charge is -2.11. The van der Waals surface area contributed by atoms with Crippen LogP contribution in [0.15, 0.2) is 0 Å². The van der Waals surface area contributed by atoms with E-state index in [1.54, 1.807) is 0 Å². The van der Waals surface area contributed by atoms with E-state index in [0.717, 1.165) is 6.92 Å². The first-order valence-corrected chi connectivity index (χ1v) is 4.85. The van der Waals surface area contributed by atoms with Gasteiger partial charge in [-0.25, -0.2) is 0 Å². The van der Waals surface area contributed by atoms with Gasteiger partial charge < -0.3 is 11.1 Å². The van der Waals surface area contributed by atoms with Gasteiger partial charge in [0.1, 0.15) is 11.8 Å². The minimum Gasteiger partial charge on any atom is -0.368 e. The van der Waals surface area contributed by atoms with Crippen molar-refractivity contribution < 1.29 is 22.6 Å². The van der Waals surface area contributed by atoms with Crippen LogP contribution in [0.1, 0.15) is 6.92 Å². The Kier molecular flexibility index (Phi) is 3.82. The van der Waals surface area contributed by atoms with E-state index < -0.39 is 33.7 Å². The van der Waals surface area contributed by atoms with Gasteiger partial charge in [-0.05, 0) is 0 Å². The Morgan fingerprint density at radius 3 is 2.23 bits per heavy atom. The largest absolute Gasteiger partial charge is 0.368 e. The summed E-state index contributed by atoms with van der Waals surface area (Å²) in [6, 6.07) is -1.40. The molecule has 4 N–H and O–H groups in total. The van der Waals surface area contributed by atoms with Gasteiger partial charge in [0.2, 0.25) is 11.8 Å². The van der Waals surface area contributed by atoms with Gasteiger partial charge in [-0.2, -0.15) is 8.42 Å². The number of carbonyl (C=O) groups excluding carboxylic acids is 2. The first-order valence-electron chi connectivity index (χ1n) is 3.24. The van der Waals surface area contributed by atoms with E-state index in [1.165, 1.54) is 0 Å². The van der Waals surface area contributed by atoms with E-state index in [4.69, 9.17) is 10.3 Å². The molecule has 0 saturated heterocycles. The summed E-state index contributed by atoms with van der Waals surface area (Å²) in [4.78, 5) is 21.0.